The van der Waals surface area contributed by atoms with Gasteiger partial charge in [-0.05, 0) is 33.8 Å². The Balaban J connectivity index is 1.11. The summed E-state index contributed by atoms with van der Waals surface area (Å²) in [5, 5.41) is 57.6. The average Bonchev–Trinajstić information content (AvgIpc) is 3.15. The smallest absolute Gasteiger partial charge is 0.202 e. The summed E-state index contributed by atoms with van der Waals surface area (Å²) in [7, 11) is 1.33. The Kier molecular flexibility index (Phi) is 11.4. The quantitative estimate of drug-likeness (QED) is 0.124. The minimum atomic E-state index is -2.11. The van der Waals surface area contributed by atoms with Crippen molar-refractivity contribution >= 4 is 45.7 Å². The Bertz CT molecular complexity index is 1920. The summed E-state index contributed by atoms with van der Waals surface area (Å²) >= 11 is 1.91. The zero-order valence-corrected chi connectivity index (χ0v) is 33.5. The van der Waals surface area contributed by atoms with Crippen molar-refractivity contribution in [2.75, 3.05) is 7.11 Å². The van der Waals surface area contributed by atoms with Gasteiger partial charge >= 0.3 is 0 Å². The zero-order chi connectivity index (χ0) is 40.5. The van der Waals surface area contributed by atoms with Crippen molar-refractivity contribution in [2.45, 2.75) is 137 Å². The van der Waals surface area contributed by atoms with Crippen molar-refractivity contribution in [3.8, 4) is 17.2 Å². The van der Waals surface area contributed by atoms with Gasteiger partial charge in [0.2, 0.25) is 5.78 Å². The molecule has 0 unspecified atom stereocenters. The Labute approximate surface area is 335 Å². The van der Waals surface area contributed by atoms with Crippen LogP contribution in [0.2, 0.25) is 0 Å². The van der Waals surface area contributed by atoms with E-state index in [1.165, 1.54) is 25.3 Å². The van der Waals surface area contributed by atoms with Gasteiger partial charge in [0, 0.05) is 48.8 Å². The van der Waals surface area contributed by atoms with Gasteiger partial charge in [-0.1, -0.05) is 34.7 Å². The summed E-state index contributed by atoms with van der Waals surface area (Å²) in [6, 6.07) is 4.39. The lowest BCUT2D eigenvalue weighted by atomic mass is 9.72. The molecule has 5 N–H and O–H groups in total. The van der Waals surface area contributed by atoms with Crippen molar-refractivity contribution in [3.05, 3.63) is 51.6 Å². The third-order valence-corrected chi connectivity index (χ3v) is 12.8. The van der Waals surface area contributed by atoms with E-state index in [1.54, 1.807) is 20.8 Å². The highest BCUT2D eigenvalue weighted by atomic mass is 127. The number of halogens is 1. The third kappa shape index (κ3) is 7.07. The van der Waals surface area contributed by atoms with Crippen LogP contribution in [0.25, 0.3) is 0 Å². The van der Waals surface area contributed by atoms with Crippen LogP contribution in [0, 0.1) is 0 Å². The molecule has 2 aromatic rings. The molecule has 56 heavy (non-hydrogen) atoms. The average molecular weight is 897 g/mol. The van der Waals surface area contributed by atoms with Gasteiger partial charge in [0.15, 0.2) is 36.2 Å². The largest absolute Gasteiger partial charge is 0.507 e. The zero-order valence-electron chi connectivity index (χ0n) is 31.3. The molecule has 3 fully saturated rings. The number of hydrogen-bond donors (Lipinski definition) is 5. The van der Waals surface area contributed by atoms with Crippen LogP contribution >= 0.6 is 22.6 Å². The van der Waals surface area contributed by atoms with Gasteiger partial charge in [-0.2, -0.15) is 0 Å². The number of fused-ring (bicyclic) bond motifs is 3. The molecule has 304 valence electrons. The molecule has 5 aliphatic rings. The molecular formula is C39H45IO16. The summed E-state index contributed by atoms with van der Waals surface area (Å²) in [6.45, 7) is 6.14. The van der Waals surface area contributed by atoms with Gasteiger partial charge in [0.05, 0.1) is 58.2 Å². The van der Waals surface area contributed by atoms with Gasteiger partial charge in [0.1, 0.15) is 41.2 Å². The number of methoxy groups -OCH3 is 1. The molecule has 0 amide bonds. The van der Waals surface area contributed by atoms with E-state index in [9.17, 15) is 44.7 Å². The Hall–Kier alpha value is -3.11. The maximum Gasteiger partial charge on any atom is 0.202 e. The minimum absolute atomic E-state index is 0.00879. The molecule has 0 aromatic heterocycles. The second-order valence-electron chi connectivity index (χ2n) is 15.1. The van der Waals surface area contributed by atoms with Crippen LogP contribution in [0.4, 0.5) is 0 Å². The lowest BCUT2D eigenvalue weighted by molar-refractivity contribution is -0.327. The number of ether oxygens (including phenoxy) is 7. The normalized spacial score (nSPS) is 37.1. The van der Waals surface area contributed by atoms with Crippen molar-refractivity contribution in [1.29, 1.82) is 0 Å². The highest BCUT2D eigenvalue weighted by Crippen LogP contribution is 2.53. The first kappa shape index (κ1) is 41.1. The molecular weight excluding hydrogens is 851 g/mol. The van der Waals surface area contributed by atoms with Crippen molar-refractivity contribution < 1.29 is 77.9 Å². The van der Waals surface area contributed by atoms with E-state index in [4.69, 9.17) is 33.2 Å². The molecule has 7 rings (SSSR count). The van der Waals surface area contributed by atoms with Crippen LogP contribution < -0.4 is 4.74 Å². The molecule has 2 aliphatic carbocycles. The number of hydrogen-bond acceptors (Lipinski definition) is 16. The number of ketones is 4. The summed E-state index contributed by atoms with van der Waals surface area (Å²) in [5.41, 5.74) is -3.48. The monoisotopic (exact) mass is 896 g/mol. The fraction of sp³-hybridized carbons (Fsp3) is 0.590. The van der Waals surface area contributed by atoms with Crippen molar-refractivity contribution in [2.24, 2.45) is 0 Å². The van der Waals surface area contributed by atoms with Gasteiger partial charge in [-0.15, -0.1) is 0 Å². The number of benzene rings is 2. The van der Waals surface area contributed by atoms with Crippen LogP contribution in [-0.4, -0.2) is 127 Å². The lowest BCUT2D eigenvalue weighted by Gasteiger charge is -2.46. The maximum atomic E-state index is 14.0. The molecule has 3 aliphatic heterocycles. The first-order valence-corrected chi connectivity index (χ1v) is 19.8. The topological polar surface area (TPSA) is 234 Å². The molecule has 0 radical (unpaired) electrons. The van der Waals surface area contributed by atoms with Crippen LogP contribution in [0.5, 0.6) is 17.2 Å². The molecule has 3 heterocycles. The molecule has 0 bridgehead atoms. The first-order chi connectivity index (χ1) is 26.4. The number of rotatable bonds is 8. The van der Waals surface area contributed by atoms with Crippen molar-refractivity contribution in [3.63, 3.8) is 0 Å². The summed E-state index contributed by atoms with van der Waals surface area (Å²) in [5.74, 6) is -3.50. The maximum absolute atomic E-state index is 14.0. The number of carbonyl (C=O) groups excluding carboxylic acids is 4. The fourth-order valence-corrected chi connectivity index (χ4v) is 9.09. The fourth-order valence-electron chi connectivity index (χ4n) is 8.34. The second-order valence-corrected chi connectivity index (χ2v) is 16.5. The molecule has 13 atom stereocenters. The predicted octanol–water partition coefficient (Wildman–Crippen LogP) is 2.48. The molecule has 0 spiro atoms. The van der Waals surface area contributed by atoms with E-state index in [0.717, 1.165) is 6.92 Å². The van der Waals surface area contributed by atoms with E-state index >= 15 is 0 Å². The predicted molar refractivity (Wildman–Crippen MR) is 199 cm³/mol. The SMILES string of the molecule is COc1cccc2c1C(=O)c1c(O)c3c(c(O)c1C2=O)C[C@@](O)(C(C)=O)C[C@@H]3O[C@@H]1O[C@@H](C)[C@@H](O[C@H]2C[C@H](O)[C@H](O[C@H]3CCC(=O)[C@H](C)O3)[C@H](C)O2)[C@@H](O)[C@H]1I. The lowest BCUT2D eigenvalue weighted by Crippen LogP contribution is -2.59. The van der Waals surface area contributed by atoms with Crippen LogP contribution in [0.3, 0.4) is 0 Å². The number of phenols is 2. The third-order valence-electron chi connectivity index (χ3n) is 11.5. The Morgan fingerprint density at radius 3 is 2.23 bits per heavy atom. The standard InChI is InChI=1S/C39H45IO16/c1-14-20(42)9-10-24(51-14)55-36-15(2)52-25(11-21(36)43)56-37-16(3)53-38(30(40)35(37)48)54-23-13-39(49,17(4)41)12-19-27(23)34(47)29-28(32(19)45)31(44)18-7-6-8-22(50-5)26(18)33(29)46/h6-8,14-16,21,23-25,30,35-38,43,45,47-49H,9-13H2,1-5H3/t14-,15-,16-,21-,23-,24-,25-,30+,35-,36+,37+,38-,39-/m0/s1. The van der Waals surface area contributed by atoms with E-state index in [2.05, 4.69) is 0 Å². The van der Waals surface area contributed by atoms with Gasteiger partial charge < -0.3 is 58.7 Å². The van der Waals surface area contributed by atoms with Crippen LogP contribution in [-0.2, 0) is 44.4 Å². The van der Waals surface area contributed by atoms with E-state index < -0.39 is 130 Å². The van der Waals surface area contributed by atoms with Gasteiger partial charge in [-0.25, -0.2) is 0 Å². The number of aliphatic hydroxyl groups is 3. The van der Waals surface area contributed by atoms with Crippen molar-refractivity contribution in [1.82, 2.24) is 0 Å². The van der Waals surface area contributed by atoms with Gasteiger partial charge in [0.25, 0.3) is 0 Å². The van der Waals surface area contributed by atoms with Crippen LogP contribution in [0.1, 0.15) is 102 Å². The molecule has 3 saturated heterocycles. The van der Waals surface area contributed by atoms with E-state index in [-0.39, 0.29) is 40.2 Å². The molecule has 2 aromatic carbocycles. The number of phenolic OH excluding ortho intramolecular Hbond substituents is 2. The van der Waals surface area contributed by atoms with Gasteiger partial charge in [-0.3, -0.25) is 19.2 Å². The highest BCUT2D eigenvalue weighted by molar-refractivity contribution is 14.1. The molecule has 17 heteroatoms. The summed E-state index contributed by atoms with van der Waals surface area (Å²) in [4.78, 5) is 52.5. The van der Waals surface area contributed by atoms with E-state index in [0.29, 0.717) is 12.8 Å². The Morgan fingerprint density at radius 1 is 0.893 bits per heavy atom. The molecule has 0 saturated carbocycles. The van der Waals surface area contributed by atoms with Crippen LogP contribution in [0.15, 0.2) is 18.2 Å². The minimum Gasteiger partial charge on any atom is -0.507 e. The summed E-state index contributed by atoms with van der Waals surface area (Å²) in [6.07, 6.45) is -10.7. The Morgan fingerprint density at radius 2 is 1.57 bits per heavy atom. The molecule has 16 nitrogen and oxygen atoms in total. The first-order valence-electron chi connectivity index (χ1n) is 18.5. The second kappa shape index (κ2) is 15.6. The number of alkyl halides is 1. The number of aliphatic hydroxyl groups excluding tert-OH is 2. The number of carbonyl (C=O) groups is 4. The highest BCUT2D eigenvalue weighted by Gasteiger charge is 2.52. The van der Waals surface area contributed by atoms with E-state index in [1.807, 2.05) is 22.6 Å². The number of aromatic hydroxyl groups is 2. The summed E-state index contributed by atoms with van der Waals surface area (Å²) < 4.78 is 40.9. The number of Topliss-reactive ketones (excluding diaryl/α,β-unsaturated/α-hetero) is 2.